The third-order valence-electron chi connectivity index (χ3n) is 8.14. The third-order valence-corrected chi connectivity index (χ3v) is 9.23. The normalized spacial score (nSPS) is 11.4. The Morgan fingerprint density at radius 3 is 1.56 bits per heavy atom. The minimum Gasteiger partial charge on any atom is -0.659 e. The first-order valence-corrected chi connectivity index (χ1v) is 16.5. The molecule has 1 aromatic heterocycles. The largest absolute Gasteiger partial charge is 0.659 e. The summed E-state index contributed by atoms with van der Waals surface area (Å²) in [6.45, 7) is 3.78. The Balaban J connectivity index is 1.16. The number of fused-ring (bicyclic) bond motifs is 1. The quantitative estimate of drug-likeness (QED) is 0.0491. The molecule has 1 heterocycles. The predicted octanol–water partition coefficient (Wildman–Crippen LogP) is 10.4. The summed E-state index contributed by atoms with van der Waals surface area (Å²) in [5.74, 6) is 0.0423. The van der Waals surface area contributed by atoms with Gasteiger partial charge in [0.2, 0.25) is 5.52 Å². The molecule has 0 bridgehead atoms. The number of thiazole rings is 1. The molecule has 232 valence electrons. The van der Waals surface area contributed by atoms with Gasteiger partial charge in [-0.1, -0.05) is 139 Å². The highest BCUT2D eigenvalue weighted by molar-refractivity contribution is 7.18. The lowest BCUT2D eigenvalue weighted by Crippen LogP contribution is -2.36. The van der Waals surface area contributed by atoms with E-state index in [0.717, 1.165) is 37.8 Å². The molecule has 0 spiro atoms. The molecule has 6 aromatic carbocycles. The molecular formula is C43H32N2O2S. The minimum atomic E-state index is 0.0423. The number of aromatic nitrogens is 1. The lowest BCUT2D eigenvalue weighted by molar-refractivity contribution is -0.717. The number of benzene rings is 6. The lowest BCUT2D eigenvalue weighted by Gasteiger charge is -2.26. The van der Waals surface area contributed by atoms with Crippen molar-refractivity contribution in [3.8, 4) is 22.3 Å². The average Bonchev–Trinajstić information content (AvgIpc) is 3.53. The molecule has 0 atom stereocenters. The Labute approximate surface area is 284 Å². The van der Waals surface area contributed by atoms with Gasteiger partial charge >= 0.3 is 5.88 Å². The van der Waals surface area contributed by atoms with E-state index in [0.29, 0.717) is 0 Å². The zero-order valence-electron chi connectivity index (χ0n) is 26.1. The standard InChI is InChI=1S/C43H32N2O2S/c1-32(47-46)44-41-17-9-10-18-42(41)48-43(44)19-11-8-12-33-20-26-38(27-21-33)45(39-28-22-36(23-29-39)34-13-4-2-5-14-34)40-30-24-37(25-31-40)35-15-6-3-7-16-35/h2-31H,1H2. The second-order valence-electron chi connectivity index (χ2n) is 11.2. The van der Waals surface area contributed by atoms with Crippen LogP contribution in [-0.4, -0.2) is 0 Å². The molecule has 5 heteroatoms. The molecule has 0 N–H and O–H groups in total. The van der Waals surface area contributed by atoms with Gasteiger partial charge in [0.25, 0.3) is 5.01 Å². The molecule has 48 heavy (non-hydrogen) atoms. The van der Waals surface area contributed by atoms with E-state index in [2.05, 4.69) is 144 Å². The van der Waals surface area contributed by atoms with Crippen molar-refractivity contribution >= 4 is 56.7 Å². The molecule has 0 amide bonds. The fraction of sp³-hybridized carbons (Fsp3) is 0. The van der Waals surface area contributed by atoms with Crippen molar-refractivity contribution in [1.29, 1.82) is 0 Å². The van der Waals surface area contributed by atoms with Crippen LogP contribution in [0.4, 0.5) is 17.1 Å². The fourth-order valence-electron chi connectivity index (χ4n) is 5.76. The Morgan fingerprint density at radius 2 is 1.02 bits per heavy atom. The number of anilines is 3. The highest BCUT2D eigenvalue weighted by Crippen LogP contribution is 2.37. The van der Waals surface area contributed by atoms with Gasteiger partial charge in [-0.25, -0.2) is 0 Å². The topological polar surface area (TPSA) is 39.4 Å². The molecule has 0 saturated carbocycles. The van der Waals surface area contributed by atoms with Crippen molar-refractivity contribution in [3.05, 3.63) is 187 Å². The Kier molecular flexibility index (Phi) is 9.05. The van der Waals surface area contributed by atoms with Gasteiger partial charge in [-0.05, 0) is 70.3 Å². The summed E-state index contributed by atoms with van der Waals surface area (Å²) in [6, 6.07) is 54.7. The van der Waals surface area contributed by atoms with Crippen molar-refractivity contribution in [2.24, 2.45) is 0 Å². The smallest absolute Gasteiger partial charge is 0.361 e. The first-order chi connectivity index (χ1) is 23.7. The van der Waals surface area contributed by atoms with Gasteiger partial charge in [-0.15, -0.1) is 4.57 Å². The monoisotopic (exact) mass is 640 g/mol. The first-order valence-electron chi connectivity index (χ1n) is 15.7. The zero-order valence-corrected chi connectivity index (χ0v) is 27.0. The molecule has 0 aliphatic heterocycles. The van der Waals surface area contributed by atoms with Crippen molar-refractivity contribution in [3.63, 3.8) is 0 Å². The van der Waals surface area contributed by atoms with Crippen LogP contribution in [0, 0.1) is 0 Å². The van der Waals surface area contributed by atoms with E-state index in [1.54, 1.807) is 15.9 Å². The van der Waals surface area contributed by atoms with E-state index in [-0.39, 0.29) is 5.88 Å². The van der Waals surface area contributed by atoms with Crippen molar-refractivity contribution in [1.82, 2.24) is 0 Å². The molecule has 0 radical (unpaired) electrons. The summed E-state index contributed by atoms with van der Waals surface area (Å²) >= 11 is 1.57. The van der Waals surface area contributed by atoms with E-state index in [1.807, 2.05) is 54.6 Å². The average molecular weight is 641 g/mol. The van der Waals surface area contributed by atoms with Gasteiger partial charge in [0, 0.05) is 35.8 Å². The van der Waals surface area contributed by atoms with E-state index in [9.17, 15) is 5.26 Å². The molecule has 0 aliphatic carbocycles. The number of rotatable bonds is 10. The number of nitrogens with zero attached hydrogens (tertiary/aromatic N) is 2. The van der Waals surface area contributed by atoms with E-state index < -0.39 is 0 Å². The van der Waals surface area contributed by atoms with Crippen LogP contribution in [0.25, 0.3) is 50.5 Å². The van der Waals surface area contributed by atoms with Crippen LogP contribution in [0.3, 0.4) is 0 Å². The molecule has 0 unspecified atom stereocenters. The molecule has 0 fully saturated rings. The Morgan fingerprint density at radius 1 is 0.562 bits per heavy atom. The van der Waals surface area contributed by atoms with Crippen LogP contribution in [0.2, 0.25) is 0 Å². The summed E-state index contributed by atoms with van der Waals surface area (Å²) in [5, 5.41) is 12.0. The molecule has 7 aromatic rings. The van der Waals surface area contributed by atoms with Gasteiger partial charge in [-0.3, -0.25) is 0 Å². The highest BCUT2D eigenvalue weighted by atomic mass is 32.1. The van der Waals surface area contributed by atoms with Gasteiger partial charge in [-0.2, -0.15) is 0 Å². The zero-order chi connectivity index (χ0) is 32.7. The van der Waals surface area contributed by atoms with Crippen LogP contribution in [0.1, 0.15) is 10.6 Å². The fourth-order valence-corrected chi connectivity index (χ4v) is 6.84. The van der Waals surface area contributed by atoms with Crippen LogP contribution < -0.4 is 14.7 Å². The van der Waals surface area contributed by atoms with Gasteiger partial charge in [0.05, 0.1) is 0 Å². The predicted molar refractivity (Wildman–Crippen MR) is 198 cm³/mol. The summed E-state index contributed by atoms with van der Waals surface area (Å²) in [6.07, 6.45) is 7.97. The molecule has 4 nitrogen and oxygen atoms in total. The number of allylic oxidation sites excluding steroid dienone is 2. The SMILES string of the molecule is C=C(O[O-])[n+]1c(/C=C/C=C/c2ccc(N(c3ccc(-c4ccccc4)cc3)c3ccc(-c4ccccc4)cc3)cc2)sc2ccccc21. The van der Waals surface area contributed by atoms with Crippen LogP contribution >= 0.6 is 11.3 Å². The minimum absolute atomic E-state index is 0.0423. The number of para-hydroxylation sites is 1. The number of hydrogen-bond donors (Lipinski definition) is 0. The van der Waals surface area contributed by atoms with Crippen LogP contribution in [0.5, 0.6) is 0 Å². The Bertz CT molecular complexity index is 2120. The maximum Gasteiger partial charge on any atom is 0.361 e. The maximum absolute atomic E-state index is 11.2. The molecule has 0 saturated heterocycles. The van der Waals surface area contributed by atoms with Crippen LogP contribution in [0.15, 0.2) is 176 Å². The highest BCUT2D eigenvalue weighted by Gasteiger charge is 2.21. The van der Waals surface area contributed by atoms with E-state index in [1.165, 1.54) is 22.3 Å². The van der Waals surface area contributed by atoms with Crippen molar-refractivity contribution in [2.45, 2.75) is 0 Å². The van der Waals surface area contributed by atoms with E-state index in [4.69, 9.17) is 0 Å². The van der Waals surface area contributed by atoms with Crippen molar-refractivity contribution < 1.29 is 14.7 Å². The second-order valence-corrected chi connectivity index (χ2v) is 12.3. The van der Waals surface area contributed by atoms with Crippen LogP contribution in [-0.2, 0) is 4.89 Å². The summed E-state index contributed by atoms with van der Waals surface area (Å²) in [5.41, 5.74) is 9.91. The van der Waals surface area contributed by atoms with Gasteiger partial charge < -0.3 is 15.0 Å². The Hall–Kier alpha value is -6.01. The summed E-state index contributed by atoms with van der Waals surface area (Å²) in [4.78, 5) is 6.51. The first kappa shape index (κ1) is 30.6. The molecule has 7 rings (SSSR count). The molecular weight excluding hydrogens is 609 g/mol. The lowest BCUT2D eigenvalue weighted by atomic mass is 10.0. The van der Waals surface area contributed by atoms with Crippen molar-refractivity contribution in [2.75, 3.05) is 4.90 Å². The molecule has 0 aliphatic rings. The summed E-state index contributed by atoms with van der Waals surface area (Å²) < 4.78 is 2.78. The van der Waals surface area contributed by atoms with E-state index >= 15 is 0 Å². The third kappa shape index (κ3) is 6.60. The number of hydrogen-bond acceptors (Lipinski definition) is 4. The van der Waals surface area contributed by atoms with Gasteiger partial charge in [0.15, 0.2) is 0 Å². The van der Waals surface area contributed by atoms with Gasteiger partial charge in [0.1, 0.15) is 4.70 Å². The maximum atomic E-state index is 11.2. The second kappa shape index (κ2) is 14.2. The summed E-state index contributed by atoms with van der Waals surface area (Å²) in [7, 11) is 0.